The van der Waals surface area contributed by atoms with Crippen molar-refractivity contribution in [3.63, 3.8) is 0 Å². The van der Waals surface area contributed by atoms with Crippen LogP contribution < -0.4 is 11.1 Å². The molecule has 7 heteroatoms. The van der Waals surface area contributed by atoms with Gasteiger partial charge in [0.1, 0.15) is 5.82 Å². The highest BCUT2D eigenvalue weighted by atomic mass is 16.1. The van der Waals surface area contributed by atoms with E-state index in [4.69, 9.17) is 15.9 Å². The van der Waals surface area contributed by atoms with Crippen molar-refractivity contribution >= 4 is 27.6 Å². The Bertz CT molecular complexity index is 1780. The second-order valence-electron chi connectivity index (χ2n) is 10.8. The van der Waals surface area contributed by atoms with Gasteiger partial charge in [0, 0.05) is 36.4 Å². The summed E-state index contributed by atoms with van der Waals surface area (Å²) >= 11 is 0. The topological polar surface area (TPSA) is 102 Å². The Morgan fingerprint density at radius 3 is 2.45 bits per heavy atom. The van der Waals surface area contributed by atoms with Crippen molar-refractivity contribution in [2.45, 2.75) is 44.7 Å². The van der Waals surface area contributed by atoms with E-state index in [2.05, 4.69) is 93.7 Å². The van der Waals surface area contributed by atoms with Crippen molar-refractivity contribution in [3.8, 4) is 0 Å². The molecule has 0 unspecified atom stereocenters. The minimum absolute atomic E-state index is 0.0316. The number of aryl methyl sites for hydroxylation is 2. The molecule has 0 spiro atoms. The van der Waals surface area contributed by atoms with Crippen molar-refractivity contribution in [3.05, 3.63) is 132 Å². The Labute approximate surface area is 245 Å². The first-order valence-electron chi connectivity index (χ1n) is 14.7. The van der Waals surface area contributed by atoms with E-state index in [1.807, 2.05) is 24.4 Å². The van der Waals surface area contributed by atoms with E-state index < -0.39 is 0 Å². The number of rotatable bonds is 12. The first-order valence-corrected chi connectivity index (χ1v) is 14.7. The lowest BCUT2D eigenvalue weighted by Gasteiger charge is -2.21. The maximum absolute atomic E-state index is 13.1. The number of aromatic amines is 1. The molecule has 212 valence electrons. The molecule has 4 aromatic carbocycles. The summed E-state index contributed by atoms with van der Waals surface area (Å²) in [5.41, 5.74) is 10.4. The van der Waals surface area contributed by atoms with Gasteiger partial charge in [0.15, 0.2) is 5.82 Å². The number of amides is 1. The zero-order valence-corrected chi connectivity index (χ0v) is 23.7. The van der Waals surface area contributed by atoms with Crippen LogP contribution in [0.4, 0.5) is 0 Å². The number of nitrogens with zero attached hydrogens (tertiary/aromatic N) is 3. The number of benzene rings is 4. The van der Waals surface area contributed by atoms with Crippen molar-refractivity contribution in [2.24, 2.45) is 5.73 Å². The summed E-state index contributed by atoms with van der Waals surface area (Å²) in [7, 11) is 0. The molecule has 42 heavy (non-hydrogen) atoms. The highest BCUT2D eigenvalue weighted by molar-refractivity contribution is 5.86. The molecule has 0 saturated heterocycles. The zero-order valence-electron chi connectivity index (χ0n) is 23.7. The average molecular weight is 557 g/mol. The number of aromatic nitrogens is 4. The Kier molecular flexibility index (Phi) is 8.38. The quantitative estimate of drug-likeness (QED) is 0.175. The largest absolute Gasteiger partial charge is 0.361 e. The number of H-pyrrole nitrogens is 1. The molecule has 1 amide bonds. The van der Waals surface area contributed by atoms with E-state index in [-0.39, 0.29) is 11.9 Å². The molecule has 2 aromatic heterocycles. The van der Waals surface area contributed by atoms with Crippen LogP contribution in [0.25, 0.3) is 21.7 Å². The first-order chi connectivity index (χ1) is 20.7. The molecule has 0 bridgehead atoms. The van der Waals surface area contributed by atoms with Crippen molar-refractivity contribution in [1.82, 2.24) is 25.1 Å². The second-order valence-corrected chi connectivity index (χ2v) is 10.8. The molecule has 0 radical (unpaired) electrons. The number of fused-ring (bicyclic) bond motifs is 2. The summed E-state index contributed by atoms with van der Waals surface area (Å²) in [6.07, 6.45) is 5.22. The highest BCUT2D eigenvalue weighted by Gasteiger charge is 2.25. The van der Waals surface area contributed by atoms with Crippen molar-refractivity contribution in [2.75, 3.05) is 6.54 Å². The van der Waals surface area contributed by atoms with Gasteiger partial charge in [0.05, 0.1) is 12.6 Å². The van der Waals surface area contributed by atoms with Gasteiger partial charge < -0.3 is 20.6 Å². The fourth-order valence-electron chi connectivity index (χ4n) is 5.72. The summed E-state index contributed by atoms with van der Waals surface area (Å²) in [4.78, 5) is 16.5. The van der Waals surface area contributed by atoms with Crippen LogP contribution in [0.15, 0.2) is 103 Å². The summed E-state index contributed by atoms with van der Waals surface area (Å²) in [6, 6.07) is 33.2. The lowest BCUT2D eigenvalue weighted by molar-refractivity contribution is -0.122. The van der Waals surface area contributed by atoms with Gasteiger partial charge in [-0.05, 0) is 52.9 Å². The Hall–Kier alpha value is -4.75. The van der Waals surface area contributed by atoms with Gasteiger partial charge in [-0.25, -0.2) is 0 Å². The Morgan fingerprint density at radius 1 is 0.833 bits per heavy atom. The molecule has 0 aliphatic carbocycles. The lowest BCUT2D eigenvalue weighted by atomic mass is 10.0. The van der Waals surface area contributed by atoms with Gasteiger partial charge in [0.2, 0.25) is 5.91 Å². The van der Waals surface area contributed by atoms with E-state index in [9.17, 15) is 4.79 Å². The van der Waals surface area contributed by atoms with Crippen molar-refractivity contribution in [1.29, 1.82) is 0 Å². The van der Waals surface area contributed by atoms with Crippen LogP contribution in [0.3, 0.4) is 0 Å². The molecule has 4 N–H and O–H groups in total. The molecule has 6 aromatic rings. The van der Waals surface area contributed by atoms with E-state index in [1.165, 1.54) is 21.9 Å². The number of carbonyl (C=O) groups excluding carboxylic acids is 1. The molecule has 2 heterocycles. The molecule has 0 fully saturated rings. The maximum Gasteiger partial charge on any atom is 0.220 e. The number of carbonyl (C=O) groups is 1. The number of para-hydroxylation sites is 1. The van der Waals surface area contributed by atoms with Crippen molar-refractivity contribution < 1.29 is 4.79 Å². The molecule has 0 aliphatic heterocycles. The smallest absolute Gasteiger partial charge is 0.220 e. The average Bonchev–Trinajstić information content (AvgIpc) is 3.63. The molecule has 6 rings (SSSR count). The molecular weight excluding hydrogens is 520 g/mol. The third kappa shape index (κ3) is 6.11. The summed E-state index contributed by atoms with van der Waals surface area (Å²) in [6.45, 7) is 1.08. The van der Waals surface area contributed by atoms with E-state index in [0.717, 1.165) is 41.0 Å². The van der Waals surface area contributed by atoms with Crippen LogP contribution in [0.5, 0.6) is 0 Å². The molecule has 0 saturated carbocycles. The Balaban J connectivity index is 1.40. The summed E-state index contributed by atoms with van der Waals surface area (Å²) in [5, 5.41) is 16.3. The predicted octanol–water partition coefficient (Wildman–Crippen LogP) is 5.89. The number of nitrogens with one attached hydrogen (secondary N) is 2. The minimum Gasteiger partial charge on any atom is -0.361 e. The number of hydrogen-bond acceptors (Lipinski definition) is 4. The van der Waals surface area contributed by atoms with E-state index >= 15 is 0 Å². The standard InChI is InChI=1S/C35H36N6O/c36-21-9-18-34(42)38-32(22-28-23-37-31-17-7-6-16-30(28)31)35-40-39-33(20-19-25-10-2-1-3-11-25)41(35)24-27-14-8-13-26-12-4-5-15-29(26)27/h1-8,10-17,23,32,37H,9,18-22,24,36H2,(H,38,42)/t32-/m1/s1. The van der Waals surface area contributed by atoms with Crippen LogP contribution in [-0.2, 0) is 30.6 Å². The van der Waals surface area contributed by atoms with E-state index in [1.54, 1.807) is 0 Å². The van der Waals surface area contributed by atoms with E-state index in [0.29, 0.717) is 32.4 Å². The monoisotopic (exact) mass is 556 g/mol. The fourth-order valence-corrected chi connectivity index (χ4v) is 5.72. The summed E-state index contributed by atoms with van der Waals surface area (Å²) in [5.74, 6) is 1.63. The van der Waals surface area contributed by atoms with Crippen LogP contribution in [0.1, 0.15) is 47.2 Å². The number of hydrogen-bond donors (Lipinski definition) is 3. The normalized spacial score (nSPS) is 12.1. The maximum atomic E-state index is 13.1. The van der Waals surface area contributed by atoms with Crippen LogP contribution in [-0.4, -0.2) is 32.2 Å². The van der Waals surface area contributed by atoms with Gasteiger partial charge >= 0.3 is 0 Å². The van der Waals surface area contributed by atoms with Gasteiger partial charge in [0.25, 0.3) is 0 Å². The van der Waals surface area contributed by atoms with Gasteiger partial charge in [-0.15, -0.1) is 10.2 Å². The van der Waals surface area contributed by atoms with Crippen LogP contribution in [0.2, 0.25) is 0 Å². The Morgan fingerprint density at radius 2 is 1.60 bits per heavy atom. The van der Waals surface area contributed by atoms with Gasteiger partial charge in [-0.3, -0.25) is 4.79 Å². The first kappa shape index (κ1) is 27.4. The SMILES string of the molecule is NCCCC(=O)N[C@H](Cc1c[nH]c2ccccc12)c1nnc(CCc2ccccc2)n1Cc1cccc2ccccc12. The number of nitrogens with two attached hydrogens (primary N) is 1. The molecular formula is C35H36N6O. The lowest BCUT2D eigenvalue weighted by Crippen LogP contribution is -2.32. The van der Waals surface area contributed by atoms with Gasteiger partial charge in [-0.2, -0.15) is 0 Å². The summed E-state index contributed by atoms with van der Waals surface area (Å²) < 4.78 is 2.22. The van der Waals surface area contributed by atoms with Crippen LogP contribution >= 0.6 is 0 Å². The van der Waals surface area contributed by atoms with Crippen LogP contribution in [0, 0.1) is 0 Å². The third-order valence-corrected chi connectivity index (χ3v) is 7.90. The highest BCUT2D eigenvalue weighted by Crippen LogP contribution is 2.27. The minimum atomic E-state index is -0.359. The molecule has 1 atom stereocenters. The fraction of sp³-hybridized carbons (Fsp3) is 0.229. The zero-order chi connectivity index (χ0) is 28.7. The molecule has 0 aliphatic rings. The molecule has 7 nitrogen and oxygen atoms in total. The van der Waals surface area contributed by atoms with Gasteiger partial charge in [-0.1, -0.05) is 91.0 Å². The second kappa shape index (κ2) is 12.8. The predicted molar refractivity (Wildman–Crippen MR) is 168 cm³/mol. The third-order valence-electron chi connectivity index (χ3n) is 7.90.